The van der Waals surface area contributed by atoms with E-state index in [1.165, 1.54) is 17.9 Å². The van der Waals surface area contributed by atoms with Gasteiger partial charge in [-0.25, -0.2) is 13.6 Å². The van der Waals surface area contributed by atoms with Crippen molar-refractivity contribution in [3.8, 4) is 5.75 Å². The van der Waals surface area contributed by atoms with Gasteiger partial charge in [-0.2, -0.15) is 5.10 Å². The SMILES string of the molecule is Cn1ncc(C(=O)O)c1COc1cc(F)ccc1F. The fraction of sp³-hybridized carbons (Fsp3) is 0.167. The maximum Gasteiger partial charge on any atom is 0.339 e. The summed E-state index contributed by atoms with van der Waals surface area (Å²) in [6, 6.07) is 2.80. The highest BCUT2D eigenvalue weighted by molar-refractivity contribution is 5.88. The van der Waals surface area contributed by atoms with Gasteiger partial charge in [-0.1, -0.05) is 0 Å². The summed E-state index contributed by atoms with van der Waals surface area (Å²) in [6.07, 6.45) is 1.17. The molecule has 0 atom stereocenters. The third-order valence-electron chi connectivity index (χ3n) is 2.55. The lowest BCUT2D eigenvalue weighted by molar-refractivity contribution is 0.0693. The van der Waals surface area contributed by atoms with Gasteiger partial charge >= 0.3 is 5.97 Å². The van der Waals surface area contributed by atoms with Gasteiger partial charge in [-0.05, 0) is 12.1 Å². The number of aromatic carboxylic acids is 1. The standard InChI is InChI=1S/C12H10F2N2O3/c1-16-10(8(5-15-16)12(17)18)6-19-11-4-7(13)2-3-9(11)14/h2-5H,6H2,1H3,(H,17,18). The van der Waals surface area contributed by atoms with E-state index in [2.05, 4.69) is 5.10 Å². The Morgan fingerprint density at radius 3 is 2.89 bits per heavy atom. The van der Waals surface area contributed by atoms with E-state index in [0.717, 1.165) is 18.2 Å². The third kappa shape index (κ3) is 2.70. The molecule has 0 aliphatic carbocycles. The van der Waals surface area contributed by atoms with Crippen LogP contribution in [0.4, 0.5) is 8.78 Å². The molecule has 1 aromatic carbocycles. The number of aryl methyl sites for hydroxylation is 1. The van der Waals surface area contributed by atoms with Crippen molar-refractivity contribution in [3.63, 3.8) is 0 Å². The molecular weight excluding hydrogens is 258 g/mol. The second kappa shape index (κ2) is 5.05. The van der Waals surface area contributed by atoms with Gasteiger partial charge in [-0.15, -0.1) is 0 Å². The van der Waals surface area contributed by atoms with Crippen LogP contribution in [-0.4, -0.2) is 20.9 Å². The lowest BCUT2D eigenvalue weighted by atomic mass is 10.2. The summed E-state index contributed by atoms with van der Waals surface area (Å²) in [4.78, 5) is 10.9. The lowest BCUT2D eigenvalue weighted by Gasteiger charge is -2.08. The second-order valence-corrected chi connectivity index (χ2v) is 3.80. The average molecular weight is 268 g/mol. The lowest BCUT2D eigenvalue weighted by Crippen LogP contribution is -2.09. The van der Waals surface area contributed by atoms with Crippen LogP contribution in [0.1, 0.15) is 16.1 Å². The van der Waals surface area contributed by atoms with E-state index >= 15 is 0 Å². The molecule has 0 saturated heterocycles. The first-order chi connectivity index (χ1) is 8.99. The molecule has 100 valence electrons. The molecule has 1 N–H and O–H groups in total. The number of benzene rings is 1. The van der Waals surface area contributed by atoms with Crippen molar-refractivity contribution >= 4 is 5.97 Å². The summed E-state index contributed by atoms with van der Waals surface area (Å²) in [5.74, 6) is -2.80. The van der Waals surface area contributed by atoms with Crippen LogP contribution in [0.2, 0.25) is 0 Å². The predicted molar refractivity (Wildman–Crippen MR) is 60.9 cm³/mol. The van der Waals surface area contributed by atoms with E-state index in [-0.39, 0.29) is 23.6 Å². The third-order valence-corrected chi connectivity index (χ3v) is 2.55. The maximum absolute atomic E-state index is 13.3. The van der Waals surface area contributed by atoms with E-state index in [9.17, 15) is 13.6 Å². The van der Waals surface area contributed by atoms with Crippen molar-refractivity contribution in [2.24, 2.45) is 7.05 Å². The van der Waals surface area contributed by atoms with Gasteiger partial charge in [0.25, 0.3) is 0 Å². The van der Waals surface area contributed by atoms with E-state index in [0.29, 0.717) is 0 Å². The monoisotopic (exact) mass is 268 g/mol. The molecule has 0 amide bonds. The maximum atomic E-state index is 13.3. The van der Waals surface area contributed by atoms with Crippen molar-refractivity contribution in [1.29, 1.82) is 0 Å². The van der Waals surface area contributed by atoms with Crippen LogP contribution in [-0.2, 0) is 13.7 Å². The number of rotatable bonds is 4. The zero-order valence-electron chi connectivity index (χ0n) is 9.93. The first-order valence-electron chi connectivity index (χ1n) is 5.31. The van der Waals surface area contributed by atoms with Crippen molar-refractivity contribution in [1.82, 2.24) is 9.78 Å². The smallest absolute Gasteiger partial charge is 0.339 e. The van der Waals surface area contributed by atoms with Crippen molar-refractivity contribution in [2.75, 3.05) is 0 Å². The van der Waals surface area contributed by atoms with Crippen LogP contribution in [0.15, 0.2) is 24.4 Å². The number of ether oxygens (including phenoxy) is 1. The van der Waals surface area contributed by atoms with Gasteiger partial charge in [0, 0.05) is 13.1 Å². The van der Waals surface area contributed by atoms with E-state index in [1.807, 2.05) is 0 Å². The number of hydrogen-bond donors (Lipinski definition) is 1. The minimum absolute atomic E-state index is 0.0423. The summed E-state index contributed by atoms with van der Waals surface area (Å²) in [5.41, 5.74) is 0.218. The molecule has 2 rings (SSSR count). The molecule has 19 heavy (non-hydrogen) atoms. The summed E-state index contributed by atoms with van der Waals surface area (Å²) in [6.45, 7) is -0.224. The zero-order chi connectivity index (χ0) is 14.0. The predicted octanol–water partition coefficient (Wildman–Crippen LogP) is 1.98. The Morgan fingerprint density at radius 1 is 1.47 bits per heavy atom. The van der Waals surface area contributed by atoms with Crippen molar-refractivity contribution < 1.29 is 23.4 Å². The van der Waals surface area contributed by atoms with Crippen LogP contribution in [0.25, 0.3) is 0 Å². The van der Waals surface area contributed by atoms with Crippen LogP contribution in [0, 0.1) is 11.6 Å². The number of carbonyl (C=O) groups is 1. The number of aromatic nitrogens is 2. The van der Waals surface area contributed by atoms with Gasteiger partial charge < -0.3 is 9.84 Å². The number of hydrogen-bond acceptors (Lipinski definition) is 3. The molecule has 0 aliphatic heterocycles. The molecule has 0 radical (unpaired) electrons. The van der Waals surface area contributed by atoms with Gasteiger partial charge in [0.05, 0.1) is 11.9 Å². The molecular formula is C12H10F2N2O3. The molecule has 0 saturated carbocycles. The Labute approximate surface area is 107 Å². The van der Waals surface area contributed by atoms with Gasteiger partial charge in [0.1, 0.15) is 18.0 Å². The van der Waals surface area contributed by atoms with E-state index in [1.54, 1.807) is 0 Å². The molecule has 0 spiro atoms. The minimum Gasteiger partial charge on any atom is -0.484 e. The number of halogens is 2. The Bertz CT molecular complexity index is 625. The fourth-order valence-electron chi connectivity index (χ4n) is 1.55. The Kier molecular flexibility index (Phi) is 3.46. The summed E-state index contributed by atoms with van der Waals surface area (Å²) < 4.78 is 32.7. The van der Waals surface area contributed by atoms with Crippen LogP contribution < -0.4 is 4.74 Å². The summed E-state index contributed by atoms with van der Waals surface area (Å²) >= 11 is 0. The fourth-order valence-corrected chi connectivity index (χ4v) is 1.55. The second-order valence-electron chi connectivity index (χ2n) is 3.80. The van der Waals surface area contributed by atoms with E-state index < -0.39 is 17.6 Å². The van der Waals surface area contributed by atoms with Crippen LogP contribution in [0.3, 0.4) is 0 Å². The highest BCUT2D eigenvalue weighted by Gasteiger charge is 2.16. The Hall–Kier alpha value is -2.44. The largest absolute Gasteiger partial charge is 0.484 e. The van der Waals surface area contributed by atoms with Crippen LogP contribution >= 0.6 is 0 Å². The first-order valence-corrected chi connectivity index (χ1v) is 5.31. The number of nitrogens with zero attached hydrogens (tertiary/aromatic N) is 2. The van der Waals surface area contributed by atoms with Gasteiger partial charge in [0.2, 0.25) is 0 Å². The average Bonchev–Trinajstić information content (AvgIpc) is 2.72. The van der Waals surface area contributed by atoms with Crippen molar-refractivity contribution in [3.05, 3.63) is 47.3 Å². The minimum atomic E-state index is -1.16. The van der Waals surface area contributed by atoms with Gasteiger partial charge in [-0.3, -0.25) is 4.68 Å². The Balaban J connectivity index is 2.21. The topological polar surface area (TPSA) is 64.4 Å². The highest BCUT2D eigenvalue weighted by atomic mass is 19.1. The molecule has 2 aromatic rings. The quantitative estimate of drug-likeness (QED) is 0.920. The first kappa shape index (κ1) is 13.0. The van der Waals surface area contributed by atoms with Gasteiger partial charge in [0.15, 0.2) is 11.6 Å². The molecule has 0 fully saturated rings. The molecule has 5 nitrogen and oxygen atoms in total. The number of carboxylic acid groups (broad SMARTS) is 1. The summed E-state index contributed by atoms with van der Waals surface area (Å²) in [7, 11) is 1.53. The Morgan fingerprint density at radius 2 is 2.21 bits per heavy atom. The van der Waals surface area contributed by atoms with Crippen LogP contribution in [0.5, 0.6) is 5.75 Å². The molecule has 1 aromatic heterocycles. The van der Waals surface area contributed by atoms with E-state index in [4.69, 9.17) is 9.84 Å². The molecule has 0 bridgehead atoms. The molecule has 0 unspecified atom stereocenters. The molecule has 0 aliphatic rings. The highest BCUT2D eigenvalue weighted by Crippen LogP contribution is 2.20. The zero-order valence-corrected chi connectivity index (χ0v) is 9.93. The molecule has 1 heterocycles. The molecule has 7 heteroatoms. The summed E-state index contributed by atoms with van der Waals surface area (Å²) in [5, 5.41) is 12.7. The van der Waals surface area contributed by atoms with Crippen molar-refractivity contribution in [2.45, 2.75) is 6.61 Å². The number of carboxylic acids is 1. The normalized spacial score (nSPS) is 10.5.